The first-order chi connectivity index (χ1) is 8.77. The van der Waals surface area contributed by atoms with Crippen molar-refractivity contribution >= 4 is 12.4 Å². The van der Waals surface area contributed by atoms with E-state index in [0.29, 0.717) is 12.1 Å². The van der Waals surface area contributed by atoms with Gasteiger partial charge in [0.25, 0.3) is 0 Å². The average Bonchev–Trinajstić information content (AvgIpc) is 2.40. The number of nitrogens with one attached hydrogen (secondary N) is 1. The normalized spacial score (nSPS) is 20.3. The van der Waals surface area contributed by atoms with Crippen LogP contribution in [-0.4, -0.2) is 48.8 Å². The quantitative estimate of drug-likeness (QED) is 0.896. The number of aromatic nitrogens is 1. The van der Waals surface area contributed by atoms with Crippen molar-refractivity contribution in [3.8, 4) is 0 Å². The maximum Gasteiger partial charge on any atom is 0.0597 e. The minimum absolute atomic E-state index is 0. The number of pyridine rings is 1. The van der Waals surface area contributed by atoms with E-state index in [4.69, 9.17) is 4.74 Å². The lowest BCUT2D eigenvalue weighted by Crippen LogP contribution is -2.47. The van der Waals surface area contributed by atoms with Gasteiger partial charge in [0.05, 0.1) is 12.7 Å². The molecule has 0 spiro atoms. The molecule has 19 heavy (non-hydrogen) atoms. The highest BCUT2D eigenvalue weighted by atomic mass is 35.5. The lowest BCUT2D eigenvalue weighted by atomic mass is 10.1. The molecule has 0 amide bonds. The average molecular weight is 286 g/mol. The molecule has 1 N–H and O–H groups in total. The van der Waals surface area contributed by atoms with Gasteiger partial charge in [-0.15, -0.1) is 12.4 Å². The lowest BCUT2D eigenvalue weighted by Gasteiger charge is -2.36. The zero-order chi connectivity index (χ0) is 12.8. The Hall–Kier alpha value is -0.680. The number of ether oxygens (including phenoxy) is 1. The van der Waals surface area contributed by atoms with Gasteiger partial charge in [-0.1, -0.05) is 6.07 Å². The smallest absolute Gasteiger partial charge is 0.0597 e. The van der Waals surface area contributed by atoms with Gasteiger partial charge in [-0.3, -0.25) is 9.88 Å². The Bertz CT molecular complexity index is 348. The van der Waals surface area contributed by atoms with Gasteiger partial charge >= 0.3 is 0 Å². The van der Waals surface area contributed by atoms with Crippen molar-refractivity contribution in [2.24, 2.45) is 0 Å². The van der Waals surface area contributed by atoms with E-state index >= 15 is 0 Å². The molecule has 1 atom stereocenters. The Morgan fingerprint density at radius 2 is 2.37 bits per heavy atom. The van der Waals surface area contributed by atoms with Gasteiger partial charge in [0.2, 0.25) is 0 Å². The largest absolute Gasteiger partial charge is 0.377 e. The summed E-state index contributed by atoms with van der Waals surface area (Å²) < 4.78 is 5.65. The molecular formula is C14H24ClN3O. The fourth-order valence-corrected chi connectivity index (χ4v) is 2.32. The van der Waals surface area contributed by atoms with Crippen LogP contribution in [0, 0.1) is 0 Å². The Morgan fingerprint density at radius 3 is 3.05 bits per heavy atom. The third-order valence-corrected chi connectivity index (χ3v) is 3.25. The highest BCUT2D eigenvalue weighted by molar-refractivity contribution is 5.85. The molecule has 108 valence electrons. The Morgan fingerprint density at radius 1 is 1.53 bits per heavy atom. The Balaban J connectivity index is 0.00000180. The van der Waals surface area contributed by atoms with Crippen LogP contribution in [0.25, 0.3) is 0 Å². The number of nitrogens with zero attached hydrogens (tertiary/aromatic N) is 2. The second kappa shape index (κ2) is 8.48. The SMILES string of the molecule is CC(C)OCCN1CCNCC1c1cccnc1.Cl. The van der Waals surface area contributed by atoms with Gasteiger partial charge in [-0.05, 0) is 25.5 Å². The molecule has 0 saturated carbocycles. The molecule has 1 unspecified atom stereocenters. The number of hydrogen-bond donors (Lipinski definition) is 1. The standard InChI is InChI=1S/C14H23N3O.ClH/c1-12(2)18-9-8-17-7-6-16-11-14(17)13-4-3-5-15-10-13;/h3-5,10,12,14,16H,6-9,11H2,1-2H3;1H. The van der Waals surface area contributed by atoms with Crippen LogP contribution in [0.1, 0.15) is 25.5 Å². The third kappa shape index (κ3) is 5.07. The van der Waals surface area contributed by atoms with Crippen molar-refractivity contribution in [2.45, 2.75) is 26.0 Å². The van der Waals surface area contributed by atoms with Crippen molar-refractivity contribution in [1.82, 2.24) is 15.2 Å². The molecule has 1 aromatic rings. The number of piperazine rings is 1. The van der Waals surface area contributed by atoms with Gasteiger partial charge in [0.1, 0.15) is 0 Å². The Labute approximate surface area is 122 Å². The van der Waals surface area contributed by atoms with Crippen molar-refractivity contribution < 1.29 is 4.74 Å². The van der Waals surface area contributed by atoms with Crippen LogP contribution in [0.3, 0.4) is 0 Å². The second-order valence-corrected chi connectivity index (χ2v) is 4.96. The van der Waals surface area contributed by atoms with Crippen molar-refractivity contribution in [3.05, 3.63) is 30.1 Å². The molecule has 2 heterocycles. The summed E-state index contributed by atoms with van der Waals surface area (Å²) in [5.74, 6) is 0. The molecule has 5 heteroatoms. The molecule has 1 aliphatic heterocycles. The predicted octanol–water partition coefficient (Wildman–Crippen LogP) is 1.87. The third-order valence-electron chi connectivity index (χ3n) is 3.25. The molecule has 1 fully saturated rings. The number of hydrogen-bond acceptors (Lipinski definition) is 4. The summed E-state index contributed by atoms with van der Waals surface area (Å²) in [5.41, 5.74) is 1.29. The first kappa shape index (κ1) is 16.4. The van der Waals surface area contributed by atoms with Gasteiger partial charge in [0, 0.05) is 44.6 Å². The first-order valence-electron chi connectivity index (χ1n) is 6.73. The molecule has 1 saturated heterocycles. The summed E-state index contributed by atoms with van der Waals surface area (Å²) in [5, 5.41) is 3.45. The molecule has 4 nitrogen and oxygen atoms in total. The van der Waals surface area contributed by atoms with E-state index in [1.54, 1.807) is 0 Å². The van der Waals surface area contributed by atoms with E-state index in [-0.39, 0.29) is 12.4 Å². The highest BCUT2D eigenvalue weighted by Gasteiger charge is 2.23. The fraction of sp³-hybridized carbons (Fsp3) is 0.643. The van der Waals surface area contributed by atoms with E-state index in [1.165, 1.54) is 5.56 Å². The second-order valence-electron chi connectivity index (χ2n) is 4.96. The maximum atomic E-state index is 5.65. The van der Waals surface area contributed by atoms with Gasteiger partial charge in [0.15, 0.2) is 0 Å². The molecule has 2 rings (SSSR count). The lowest BCUT2D eigenvalue weighted by molar-refractivity contribution is 0.0430. The Kier molecular flexibility index (Phi) is 7.31. The highest BCUT2D eigenvalue weighted by Crippen LogP contribution is 2.20. The summed E-state index contributed by atoms with van der Waals surface area (Å²) in [6.07, 6.45) is 4.10. The van der Waals surface area contributed by atoms with Crippen molar-refractivity contribution in [1.29, 1.82) is 0 Å². The van der Waals surface area contributed by atoms with E-state index < -0.39 is 0 Å². The summed E-state index contributed by atoms with van der Waals surface area (Å²) in [7, 11) is 0. The van der Waals surface area contributed by atoms with Gasteiger partial charge < -0.3 is 10.1 Å². The van der Waals surface area contributed by atoms with Gasteiger partial charge in [-0.25, -0.2) is 0 Å². The molecule has 1 aromatic heterocycles. The molecule has 0 aliphatic carbocycles. The van der Waals surface area contributed by atoms with Crippen LogP contribution < -0.4 is 5.32 Å². The van der Waals surface area contributed by atoms with Crippen LogP contribution in [0.2, 0.25) is 0 Å². The molecule has 0 aromatic carbocycles. The topological polar surface area (TPSA) is 37.4 Å². The fourth-order valence-electron chi connectivity index (χ4n) is 2.32. The molecule has 0 radical (unpaired) electrons. The van der Waals surface area contributed by atoms with Gasteiger partial charge in [-0.2, -0.15) is 0 Å². The summed E-state index contributed by atoms with van der Waals surface area (Å²) in [4.78, 5) is 6.70. The maximum absolute atomic E-state index is 5.65. The molecular weight excluding hydrogens is 262 g/mol. The molecule has 0 bridgehead atoms. The van der Waals surface area contributed by atoms with E-state index in [0.717, 1.165) is 32.8 Å². The van der Waals surface area contributed by atoms with Crippen molar-refractivity contribution in [2.75, 3.05) is 32.8 Å². The minimum Gasteiger partial charge on any atom is -0.377 e. The number of halogens is 1. The first-order valence-corrected chi connectivity index (χ1v) is 6.73. The van der Waals surface area contributed by atoms with Crippen molar-refractivity contribution in [3.63, 3.8) is 0 Å². The van der Waals surface area contributed by atoms with Crippen LogP contribution in [0.5, 0.6) is 0 Å². The minimum atomic E-state index is 0. The summed E-state index contributed by atoms with van der Waals surface area (Å²) >= 11 is 0. The zero-order valence-electron chi connectivity index (χ0n) is 11.7. The summed E-state index contributed by atoms with van der Waals surface area (Å²) in [6, 6.07) is 4.58. The van der Waals surface area contributed by atoms with Crippen LogP contribution in [-0.2, 0) is 4.74 Å². The zero-order valence-corrected chi connectivity index (χ0v) is 12.5. The van der Waals surface area contributed by atoms with Crippen LogP contribution >= 0.6 is 12.4 Å². The van der Waals surface area contributed by atoms with E-state index in [1.807, 2.05) is 18.5 Å². The summed E-state index contributed by atoms with van der Waals surface area (Å²) in [6.45, 7) is 9.06. The monoisotopic (exact) mass is 285 g/mol. The number of rotatable bonds is 5. The predicted molar refractivity (Wildman–Crippen MR) is 79.8 cm³/mol. The van der Waals surface area contributed by atoms with E-state index in [9.17, 15) is 0 Å². The van der Waals surface area contributed by atoms with Crippen LogP contribution in [0.15, 0.2) is 24.5 Å². The van der Waals surface area contributed by atoms with E-state index in [2.05, 4.69) is 35.1 Å². The van der Waals surface area contributed by atoms with Crippen LogP contribution in [0.4, 0.5) is 0 Å². The molecule has 1 aliphatic rings.